The zero-order valence-corrected chi connectivity index (χ0v) is 16.3. The van der Waals surface area contributed by atoms with E-state index in [-0.39, 0.29) is 29.3 Å². The van der Waals surface area contributed by atoms with Crippen LogP contribution in [-0.2, 0) is 14.8 Å². The SMILES string of the molecule is Cl.O=C(CC1CSCCN1)Nc1ccc(S(=O)(=O)NCC2CC2)cc1. The highest BCUT2D eigenvalue weighted by molar-refractivity contribution is 7.99. The molecule has 0 radical (unpaired) electrons. The molecule has 1 saturated heterocycles. The lowest BCUT2D eigenvalue weighted by atomic mass is 10.2. The molecule has 3 rings (SSSR count). The van der Waals surface area contributed by atoms with Gasteiger partial charge in [0, 0.05) is 42.7 Å². The van der Waals surface area contributed by atoms with E-state index in [1.807, 2.05) is 11.8 Å². The summed E-state index contributed by atoms with van der Waals surface area (Å²) in [5, 5.41) is 6.15. The molecule has 9 heteroatoms. The van der Waals surface area contributed by atoms with E-state index in [9.17, 15) is 13.2 Å². The van der Waals surface area contributed by atoms with Gasteiger partial charge in [-0.1, -0.05) is 0 Å². The zero-order chi connectivity index (χ0) is 17.0. The van der Waals surface area contributed by atoms with Gasteiger partial charge in [-0.2, -0.15) is 11.8 Å². The molecule has 2 aliphatic rings. The van der Waals surface area contributed by atoms with E-state index in [0.29, 0.717) is 24.6 Å². The number of benzene rings is 1. The van der Waals surface area contributed by atoms with Crippen molar-refractivity contribution in [1.82, 2.24) is 10.0 Å². The first-order valence-electron chi connectivity index (χ1n) is 8.24. The maximum atomic E-state index is 12.2. The van der Waals surface area contributed by atoms with Gasteiger partial charge in [-0.3, -0.25) is 4.79 Å². The number of sulfonamides is 1. The molecule has 3 N–H and O–H groups in total. The van der Waals surface area contributed by atoms with Crippen molar-refractivity contribution in [2.45, 2.75) is 30.2 Å². The Hall–Kier alpha value is -0.800. The molecule has 1 atom stereocenters. The third-order valence-corrected chi connectivity index (χ3v) is 6.71. The van der Waals surface area contributed by atoms with Gasteiger partial charge in [-0.15, -0.1) is 12.4 Å². The Bertz CT molecular complexity index is 672. The summed E-state index contributed by atoms with van der Waals surface area (Å²) in [6, 6.07) is 6.52. The summed E-state index contributed by atoms with van der Waals surface area (Å²) < 4.78 is 26.9. The number of halogens is 1. The number of nitrogens with one attached hydrogen (secondary N) is 3. The van der Waals surface area contributed by atoms with Crippen LogP contribution >= 0.6 is 24.2 Å². The van der Waals surface area contributed by atoms with E-state index in [2.05, 4.69) is 15.4 Å². The summed E-state index contributed by atoms with van der Waals surface area (Å²) in [6.07, 6.45) is 2.62. The van der Waals surface area contributed by atoms with E-state index in [4.69, 9.17) is 0 Å². The fourth-order valence-corrected chi connectivity index (χ4v) is 4.60. The van der Waals surface area contributed by atoms with Crippen LogP contribution in [0.4, 0.5) is 5.69 Å². The Balaban J connectivity index is 0.00000225. The molecule has 0 spiro atoms. The van der Waals surface area contributed by atoms with Crippen LogP contribution in [0.3, 0.4) is 0 Å². The van der Waals surface area contributed by atoms with Gasteiger partial charge in [0.1, 0.15) is 0 Å². The second-order valence-electron chi connectivity index (χ2n) is 6.30. The molecule has 1 unspecified atom stereocenters. The Morgan fingerprint density at radius 2 is 1.96 bits per heavy atom. The lowest BCUT2D eigenvalue weighted by Crippen LogP contribution is -2.39. The quantitative estimate of drug-likeness (QED) is 0.644. The summed E-state index contributed by atoms with van der Waals surface area (Å²) in [6.45, 7) is 1.44. The number of anilines is 1. The van der Waals surface area contributed by atoms with Crippen LogP contribution in [0.15, 0.2) is 29.2 Å². The summed E-state index contributed by atoms with van der Waals surface area (Å²) in [5.74, 6) is 2.46. The Morgan fingerprint density at radius 1 is 1.24 bits per heavy atom. The molecule has 0 aromatic heterocycles. The third-order valence-electron chi connectivity index (χ3n) is 4.14. The molecule has 0 bridgehead atoms. The van der Waals surface area contributed by atoms with E-state index in [1.54, 1.807) is 12.1 Å². The highest BCUT2D eigenvalue weighted by Gasteiger charge is 2.24. The molecule has 1 saturated carbocycles. The minimum absolute atomic E-state index is 0. The topological polar surface area (TPSA) is 87.3 Å². The lowest BCUT2D eigenvalue weighted by molar-refractivity contribution is -0.116. The molecule has 1 aliphatic heterocycles. The molecule has 1 aromatic carbocycles. The molecular formula is C16H24ClN3O3S2. The minimum Gasteiger partial charge on any atom is -0.326 e. The summed E-state index contributed by atoms with van der Waals surface area (Å²) in [4.78, 5) is 12.3. The number of carbonyl (C=O) groups is 1. The molecule has 25 heavy (non-hydrogen) atoms. The number of hydrogen-bond acceptors (Lipinski definition) is 5. The van der Waals surface area contributed by atoms with Crippen LogP contribution in [0.2, 0.25) is 0 Å². The van der Waals surface area contributed by atoms with Crippen LogP contribution in [0.25, 0.3) is 0 Å². The van der Waals surface area contributed by atoms with Crippen molar-refractivity contribution >= 4 is 45.8 Å². The summed E-state index contributed by atoms with van der Waals surface area (Å²) in [7, 11) is -3.46. The Morgan fingerprint density at radius 3 is 2.56 bits per heavy atom. The third kappa shape index (κ3) is 6.45. The van der Waals surface area contributed by atoms with Crippen molar-refractivity contribution in [3.8, 4) is 0 Å². The van der Waals surface area contributed by atoms with Crippen LogP contribution in [0.1, 0.15) is 19.3 Å². The first-order valence-corrected chi connectivity index (χ1v) is 10.9. The van der Waals surface area contributed by atoms with E-state index < -0.39 is 10.0 Å². The van der Waals surface area contributed by atoms with Crippen molar-refractivity contribution in [2.75, 3.05) is 29.9 Å². The van der Waals surface area contributed by atoms with Gasteiger partial charge in [0.2, 0.25) is 15.9 Å². The van der Waals surface area contributed by atoms with Gasteiger partial charge >= 0.3 is 0 Å². The number of carbonyl (C=O) groups excluding carboxylic acids is 1. The molecule has 140 valence electrons. The maximum absolute atomic E-state index is 12.2. The Labute approximate surface area is 159 Å². The van der Waals surface area contributed by atoms with Crippen LogP contribution in [-0.4, -0.2) is 45.0 Å². The lowest BCUT2D eigenvalue weighted by Gasteiger charge is -2.22. The first kappa shape index (κ1) is 20.5. The monoisotopic (exact) mass is 405 g/mol. The van der Waals surface area contributed by atoms with Gasteiger partial charge in [0.25, 0.3) is 0 Å². The van der Waals surface area contributed by atoms with E-state index >= 15 is 0 Å². The smallest absolute Gasteiger partial charge is 0.240 e. The van der Waals surface area contributed by atoms with Gasteiger partial charge in [-0.05, 0) is 43.0 Å². The van der Waals surface area contributed by atoms with E-state index in [0.717, 1.165) is 30.9 Å². The standard InChI is InChI=1S/C16H23N3O3S2.ClH/c20-16(9-14-11-23-8-7-17-14)19-13-3-5-15(6-4-13)24(21,22)18-10-12-1-2-12;/h3-6,12,14,17-18H,1-2,7-11H2,(H,19,20);1H. The van der Waals surface area contributed by atoms with Gasteiger partial charge in [-0.25, -0.2) is 13.1 Å². The predicted octanol–water partition coefficient (Wildman–Crippen LogP) is 1.83. The average Bonchev–Trinajstić information content (AvgIpc) is 3.39. The zero-order valence-electron chi connectivity index (χ0n) is 13.9. The predicted molar refractivity (Wildman–Crippen MR) is 104 cm³/mol. The minimum atomic E-state index is -3.46. The number of hydrogen-bond donors (Lipinski definition) is 3. The Kier molecular flexibility index (Phi) is 7.57. The first-order chi connectivity index (χ1) is 11.5. The second kappa shape index (κ2) is 9.23. The number of rotatable bonds is 7. The normalized spacial score (nSPS) is 20.6. The maximum Gasteiger partial charge on any atom is 0.240 e. The number of thioether (sulfide) groups is 1. The van der Waals surface area contributed by atoms with Crippen LogP contribution in [0.5, 0.6) is 0 Å². The van der Waals surface area contributed by atoms with Crippen molar-refractivity contribution in [2.24, 2.45) is 5.92 Å². The van der Waals surface area contributed by atoms with Crippen molar-refractivity contribution in [3.05, 3.63) is 24.3 Å². The largest absolute Gasteiger partial charge is 0.326 e. The van der Waals surface area contributed by atoms with Crippen molar-refractivity contribution < 1.29 is 13.2 Å². The van der Waals surface area contributed by atoms with Gasteiger partial charge < -0.3 is 10.6 Å². The van der Waals surface area contributed by atoms with Crippen molar-refractivity contribution in [1.29, 1.82) is 0 Å². The summed E-state index contributed by atoms with van der Waals surface area (Å²) in [5.41, 5.74) is 0.615. The molecule has 2 fully saturated rings. The second-order valence-corrected chi connectivity index (χ2v) is 9.21. The van der Waals surface area contributed by atoms with Crippen LogP contribution < -0.4 is 15.4 Å². The molecular weight excluding hydrogens is 382 g/mol. The molecule has 1 aromatic rings. The number of amides is 1. The fraction of sp³-hybridized carbons (Fsp3) is 0.562. The highest BCUT2D eigenvalue weighted by atomic mass is 35.5. The van der Waals surface area contributed by atoms with Crippen LogP contribution in [0, 0.1) is 5.92 Å². The fourth-order valence-electron chi connectivity index (χ4n) is 2.54. The average molecular weight is 406 g/mol. The highest BCUT2D eigenvalue weighted by Crippen LogP contribution is 2.28. The van der Waals surface area contributed by atoms with Gasteiger partial charge in [0.15, 0.2) is 0 Å². The van der Waals surface area contributed by atoms with Gasteiger partial charge in [0.05, 0.1) is 4.90 Å². The molecule has 1 aliphatic carbocycles. The summed E-state index contributed by atoms with van der Waals surface area (Å²) >= 11 is 1.85. The molecule has 1 heterocycles. The van der Waals surface area contributed by atoms with Crippen molar-refractivity contribution in [3.63, 3.8) is 0 Å². The van der Waals surface area contributed by atoms with E-state index in [1.165, 1.54) is 12.1 Å². The molecule has 6 nitrogen and oxygen atoms in total. The molecule has 1 amide bonds.